The summed E-state index contributed by atoms with van der Waals surface area (Å²) in [5, 5.41) is 0. The number of hydrogen-bond acceptors (Lipinski definition) is 3. The average Bonchev–Trinajstić information content (AvgIpc) is 2.86. The van der Waals surface area contributed by atoms with Crippen LogP contribution in [-0.4, -0.2) is 24.8 Å². The number of rotatable bonds is 3. The first-order valence-corrected chi connectivity index (χ1v) is 6.07. The van der Waals surface area contributed by atoms with Crippen LogP contribution in [0.15, 0.2) is 18.2 Å². The lowest BCUT2D eigenvalue weighted by molar-refractivity contribution is -0.137. The van der Waals surface area contributed by atoms with E-state index in [4.69, 9.17) is 5.73 Å². The van der Waals surface area contributed by atoms with Crippen LogP contribution in [0.1, 0.15) is 28.8 Å². The van der Waals surface area contributed by atoms with Crippen molar-refractivity contribution in [1.82, 2.24) is 0 Å². The highest BCUT2D eigenvalue weighted by Crippen LogP contribution is 2.39. The number of halogens is 3. The summed E-state index contributed by atoms with van der Waals surface area (Å²) in [6, 6.07) is 2.57. The Morgan fingerprint density at radius 1 is 1.40 bits per heavy atom. The average molecular weight is 286 g/mol. The van der Waals surface area contributed by atoms with Gasteiger partial charge in [-0.25, -0.2) is 0 Å². The van der Waals surface area contributed by atoms with Gasteiger partial charge in [0.15, 0.2) is 0 Å². The Hall–Kier alpha value is -2.05. The zero-order chi connectivity index (χ0) is 14.9. The molecule has 1 fully saturated rings. The van der Waals surface area contributed by atoms with Gasteiger partial charge in [0.1, 0.15) is 12.3 Å². The lowest BCUT2D eigenvalue weighted by Gasteiger charge is -2.27. The van der Waals surface area contributed by atoms with Crippen LogP contribution in [0, 0.1) is 0 Å². The highest BCUT2D eigenvalue weighted by Gasteiger charge is 2.38. The molecule has 1 unspecified atom stereocenters. The van der Waals surface area contributed by atoms with E-state index in [1.54, 1.807) is 0 Å². The molecule has 2 rings (SSSR count). The molecule has 1 saturated heterocycles. The number of nitrogens with zero attached hydrogens (tertiary/aromatic N) is 1. The van der Waals surface area contributed by atoms with Crippen LogP contribution in [0.2, 0.25) is 0 Å². The molecule has 4 nitrogen and oxygen atoms in total. The number of anilines is 1. The summed E-state index contributed by atoms with van der Waals surface area (Å²) < 4.78 is 39.3. The summed E-state index contributed by atoms with van der Waals surface area (Å²) in [6.07, 6.45) is -3.21. The van der Waals surface area contributed by atoms with Crippen molar-refractivity contribution in [3.8, 4) is 0 Å². The second-order valence-corrected chi connectivity index (χ2v) is 4.65. The Morgan fingerprint density at radius 3 is 2.65 bits per heavy atom. The minimum atomic E-state index is -4.60. The molecule has 7 heteroatoms. The Bertz CT molecular complexity index is 543. The maximum atomic E-state index is 13.1. The van der Waals surface area contributed by atoms with E-state index in [9.17, 15) is 22.8 Å². The second-order valence-electron chi connectivity index (χ2n) is 4.65. The fourth-order valence-electron chi connectivity index (χ4n) is 2.46. The first-order chi connectivity index (χ1) is 9.34. The molecule has 0 saturated carbocycles. The summed E-state index contributed by atoms with van der Waals surface area (Å²) in [5.41, 5.74) is 4.14. The van der Waals surface area contributed by atoms with Gasteiger partial charge in [-0.05, 0) is 31.0 Å². The largest absolute Gasteiger partial charge is 0.418 e. The van der Waals surface area contributed by atoms with Crippen LogP contribution in [0.25, 0.3) is 0 Å². The van der Waals surface area contributed by atoms with Gasteiger partial charge in [0.25, 0.3) is 0 Å². The number of carbonyl (C=O) groups excluding carboxylic acids is 2. The number of hydrogen-bond donors (Lipinski definition) is 1. The van der Waals surface area contributed by atoms with Crippen LogP contribution in [0.5, 0.6) is 0 Å². The molecule has 1 aromatic rings. The van der Waals surface area contributed by atoms with Crippen molar-refractivity contribution in [3.63, 3.8) is 0 Å². The van der Waals surface area contributed by atoms with E-state index < -0.39 is 23.7 Å². The molecule has 0 aromatic heterocycles. The number of aldehydes is 1. The molecule has 20 heavy (non-hydrogen) atoms. The first kappa shape index (κ1) is 14.4. The molecule has 0 aliphatic carbocycles. The van der Waals surface area contributed by atoms with Gasteiger partial charge in [-0.3, -0.25) is 9.59 Å². The lowest BCUT2D eigenvalue weighted by atomic mass is 10.1. The van der Waals surface area contributed by atoms with Gasteiger partial charge < -0.3 is 10.6 Å². The van der Waals surface area contributed by atoms with Gasteiger partial charge in [-0.1, -0.05) is 0 Å². The molecule has 1 amide bonds. The van der Waals surface area contributed by atoms with Crippen molar-refractivity contribution in [2.24, 2.45) is 5.73 Å². The quantitative estimate of drug-likeness (QED) is 0.864. The highest BCUT2D eigenvalue weighted by atomic mass is 19.4. The van der Waals surface area contributed by atoms with Crippen molar-refractivity contribution in [2.45, 2.75) is 25.1 Å². The van der Waals surface area contributed by atoms with E-state index in [-0.39, 0.29) is 11.3 Å². The standard InChI is InChI=1S/C13H13F3N2O2/c14-13(15,16)9-6-8(7-19)3-4-10(9)18-5-1-2-11(18)12(17)20/h3-4,6-7,11H,1-2,5H2,(H2,17,20). The Kier molecular flexibility index (Phi) is 3.69. The monoisotopic (exact) mass is 286 g/mol. The zero-order valence-electron chi connectivity index (χ0n) is 10.5. The van der Waals surface area contributed by atoms with Gasteiger partial charge in [0.05, 0.1) is 5.56 Å². The summed E-state index contributed by atoms with van der Waals surface area (Å²) in [6.45, 7) is 0.330. The molecule has 0 bridgehead atoms. The van der Waals surface area contributed by atoms with E-state index in [0.717, 1.165) is 6.07 Å². The molecule has 1 atom stereocenters. The molecule has 1 aliphatic heterocycles. The van der Waals surface area contributed by atoms with Crippen molar-refractivity contribution < 1.29 is 22.8 Å². The normalized spacial score (nSPS) is 19.1. The molecular formula is C13H13F3N2O2. The Labute approximate surface area is 113 Å². The molecule has 2 N–H and O–H groups in total. The molecular weight excluding hydrogens is 273 g/mol. The van der Waals surface area contributed by atoms with E-state index in [2.05, 4.69) is 0 Å². The van der Waals surface area contributed by atoms with Crippen LogP contribution in [0.4, 0.5) is 18.9 Å². The summed E-state index contributed by atoms with van der Waals surface area (Å²) in [7, 11) is 0. The predicted octanol–water partition coefficient (Wildman–Crippen LogP) is 1.97. The van der Waals surface area contributed by atoms with Crippen molar-refractivity contribution in [2.75, 3.05) is 11.4 Å². The molecule has 0 radical (unpaired) electrons. The molecule has 108 valence electrons. The Morgan fingerprint density at radius 2 is 2.10 bits per heavy atom. The lowest BCUT2D eigenvalue weighted by Crippen LogP contribution is -2.41. The van der Waals surface area contributed by atoms with Gasteiger partial charge in [-0.15, -0.1) is 0 Å². The third-order valence-electron chi connectivity index (χ3n) is 3.35. The van der Waals surface area contributed by atoms with Crippen molar-refractivity contribution >= 4 is 17.9 Å². The maximum Gasteiger partial charge on any atom is 0.418 e. The minimum absolute atomic E-state index is 0.0594. The fourth-order valence-corrected chi connectivity index (χ4v) is 2.46. The van der Waals surface area contributed by atoms with E-state index in [1.807, 2.05) is 0 Å². The zero-order valence-corrected chi connectivity index (χ0v) is 10.5. The predicted molar refractivity (Wildman–Crippen MR) is 66.4 cm³/mol. The van der Waals surface area contributed by atoms with Crippen LogP contribution in [-0.2, 0) is 11.0 Å². The molecule has 0 spiro atoms. The fraction of sp³-hybridized carbons (Fsp3) is 0.385. The Balaban J connectivity index is 2.50. The molecule has 1 aliphatic rings. The van der Waals surface area contributed by atoms with Crippen LogP contribution >= 0.6 is 0 Å². The van der Waals surface area contributed by atoms with Crippen LogP contribution < -0.4 is 10.6 Å². The van der Waals surface area contributed by atoms with Gasteiger partial charge in [0.2, 0.25) is 5.91 Å². The number of carbonyl (C=O) groups is 2. The summed E-state index contributed by atoms with van der Waals surface area (Å²) >= 11 is 0. The van der Waals surface area contributed by atoms with Crippen molar-refractivity contribution in [3.05, 3.63) is 29.3 Å². The number of amides is 1. The van der Waals surface area contributed by atoms with E-state index in [1.165, 1.54) is 17.0 Å². The molecule has 1 heterocycles. The summed E-state index contributed by atoms with van der Waals surface area (Å²) in [4.78, 5) is 23.3. The van der Waals surface area contributed by atoms with Crippen LogP contribution in [0.3, 0.4) is 0 Å². The number of benzene rings is 1. The highest BCUT2D eigenvalue weighted by molar-refractivity contribution is 5.85. The molecule has 1 aromatic carbocycles. The van der Waals surface area contributed by atoms with Gasteiger partial charge in [0, 0.05) is 17.8 Å². The third kappa shape index (κ3) is 2.61. The summed E-state index contributed by atoms with van der Waals surface area (Å²) in [5.74, 6) is -0.643. The third-order valence-corrected chi connectivity index (χ3v) is 3.35. The maximum absolute atomic E-state index is 13.1. The topological polar surface area (TPSA) is 63.4 Å². The number of alkyl halides is 3. The van der Waals surface area contributed by atoms with E-state index >= 15 is 0 Å². The van der Waals surface area contributed by atoms with Gasteiger partial charge in [-0.2, -0.15) is 13.2 Å². The van der Waals surface area contributed by atoms with E-state index in [0.29, 0.717) is 25.7 Å². The minimum Gasteiger partial charge on any atom is -0.368 e. The number of nitrogens with two attached hydrogens (primary N) is 1. The van der Waals surface area contributed by atoms with Crippen molar-refractivity contribution in [1.29, 1.82) is 0 Å². The second kappa shape index (κ2) is 5.15. The first-order valence-electron chi connectivity index (χ1n) is 6.07. The smallest absolute Gasteiger partial charge is 0.368 e. The van der Waals surface area contributed by atoms with Gasteiger partial charge >= 0.3 is 6.18 Å². The number of primary amides is 1. The SMILES string of the molecule is NC(=O)C1CCCN1c1ccc(C=O)cc1C(F)(F)F.